The van der Waals surface area contributed by atoms with E-state index in [-0.39, 0.29) is 12.5 Å². The van der Waals surface area contributed by atoms with E-state index in [2.05, 4.69) is 22.8 Å². The maximum atomic E-state index is 13.3. The van der Waals surface area contributed by atoms with Gasteiger partial charge in [0.1, 0.15) is 12.1 Å². The molecule has 0 spiro atoms. The molecule has 0 bridgehead atoms. The molecule has 0 aromatic heterocycles. The molecule has 2 amide bonds. The third-order valence-corrected chi connectivity index (χ3v) is 7.50. The van der Waals surface area contributed by atoms with Crippen molar-refractivity contribution < 1.29 is 24.2 Å². The summed E-state index contributed by atoms with van der Waals surface area (Å²) in [5, 5.41) is 15.2. The van der Waals surface area contributed by atoms with E-state index in [9.17, 15) is 19.5 Å². The quantitative estimate of drug-likeness (QED) is 0.464. The topological polar surface area (TPSA) is 105 Å². The molecule has 0 heterocycles. The average Bonchev–Trinajstić information content (AvgIpc) is 3.11. The van der Waals surface area contributed by atoms with Crippen molar-refractivity contribution in [1.29, 1.82) is 0 Å². The van der Waals surface area contributed by atoms with Crippen LogP contribution in [0.5, 0.6) is 0 Å². The monoisotopic (exact) mass is 480 g/mol. The minimum Gasteiger partial charge on any atom is -0.481 e. The second-order valence-corrected chi connectivity index (χ2v) is 10.5. The zero-order valence-electron chi connectivity index (χ0n) is 21.4. The Morgan fingerprint density at radius 2 is 1.40 bits per heavy atom. The van der Waals surface area contributed by atoms with Gasteiger partial charge in [-0.1, -0.05) is 61.9 Å². The minimum atomic E-state index is -1.26. The molecule has 0 radical (unpaired) electrons. The smallest absolute Gasteiger partial charge is 0.408 e. The highest BCUT2D eigenvalue weighted by Gasteiger charge is 2.47. The number of carbonyl (C=O) groups excluding carboxylic acids is 2. The molecule has 2 aromatic rings. The van der Waals surface area contributed by atoms with Crippen LogP contribution in [0, 0.1) is 5.41 Å². The van der Waals surface area contributed by atoms with Crippen LogP contribution >= 0.6 is 0 Å². The first-order valence-electron chi connectivity index (χ1n) is 12.0. The number of fused-ring (bicyclic) bond motifs is 3. The van der Waals surface area contributed by atoms with Crippen LogP contribution in [0.15, 0.2) is 48.5 Å². The average molecular weight is 481 g/mol. The van der Waals surface area contributed by atoms with Crippen LogP contribution in [0.1, 0.15) is 71.4 Å². The van der Waals surface area contributed by atoms with Crippen LogP contribution in [-0.4, -0.2) is 40.8 Å². The van der Waals surface area contributed by atoms with E-state index >= 15 is 0 Å². The van der Waals surface area contributed by atoms with Crippen molar-refractivity contribution in [3.8, 4) is 11.1 Å². The highest BCUT2D eigenvalue weighted by molar-refractivity contribution is 5.91. The predicted molar refractivity (Wildman–Crippen MR) is 135 cm³/mol. The summed E-state index contributed by atoms with van der Waals surface area (Å²) in [7, 11) is 0. The van der Waals surface area contributed by atoms with E-state index in [1.165, 1.54) is 0 Å². The standard InChI is InChI=1S/C28H36N2O5/c1-7-16-28(6,23(31)29-27(4,5)26(2,3)24(32)33)30-25(34)35-17-22-20-14-10-8-12-18(20)19-13-9-11-15-21(19)22/h8-15,22H,7,16-17H2,1-6H3,(H,29,31)(H,30,34)(H,32,33). The molecule has 1 atom stereocenters. The van der Waals surface area contributed by atoms with Gasteiger partial charge in [-0.05, 0) is 63.3 Å². The van der Waals surface area contributed by atoms with Gasteiger partial charge in [0.2, 0.25) is 5.91 Å². The first kappa shape index (κ1) is 26.3. The Kier molecular flexibility index (Phi) is 7.29. The fourth-order valence-electron chi connectivity index (χ4n) is 4.44. The molecule has 1 aliphatic carbocycles. The van der Waals surface area contributed by atoms with Gasteiger partial charge in [0, 0.05) is 5.92 Å². The third-order valence-electron chi connectivity index (χ3n) is 7.50. The van der Waals surface area contributed by atoms with E-state index in [4.69, 9.17) is 4.74 Å². The van der Waals surface area contributed by atoms with Crippen LogP contribution in [0.4, 0.5) is 4.79 Å². The Balaban J connectivity index is 1.73. The van der Waals surface area contributed by atoms with Gasteiger partial charge in [0.25, 0.3) is 0 Å². The lowest BCUT2D eigenvalue weighted by Crippen LogP contribution is -2.64. The Bertz CT molecular complexity index is 1080. The fraction of sp³-hybridized carbons (Fsp3) is 0.464. The number of amides is 2. The molecule has 0 aliphatic heterocycles. The van der Waals surface area contributed by atoms with Gasteiger partial charge in [0.05, 0.1) is 11.0 Å². The van der Waals surface area contributed by atoms with Crippen LogP contribution in [0.3, 0.4) is 0 Å². The molecule has 7 heteroatoms. The van der Waals surface area contributed by atoms with E-state index in [1.54, 1.807) is 34.6 Å². The van der Waals surface area contributed by atoms with Gasteiger partial charge in [-0.25, -0.2) is 4.79 Å². The molecule has 2 aromatic carbocycles. The zero-order valence-corrected chi connectivity index (χ0v) is 21.4. The number of carboxylic acids is 1. The third kappa shape index (κ3) is 5.04. The first-order chi connectivity index (χ1) is 16.3. The number of hydrogen-bond acceptors (Lipinski definition) is 4. The summed E-state index contributed by atoms with van der Waals surface area (Å²) in [6.07, 6.45) is 0.316. The van der Waals surface area contributed by atoms with Gasteiger partial charge in [-0.2, -0.15) is 0 Å². The molecular formula is C28H36N2O5. The summed E-state index contributed by atoms with van der Waals surface area (Å²) >= 11 is 0. The number of carboxylic acid groups (broad SMARTS) is 1. The number of ether oxygens (including phenoxy) is 1. The summed E-state index contributed by atoms with van der Waals surface area (Å²) in [6.45, 7) is 10.1. The highest BCUT2D eigenvalue weighted by atomic mass is 16.5. The Hall–Kier alpha value is -3.35. The molecule has 1 unspecified atom stereocenters. The number of nitrogens with one attached hydrogen (secondary N) is 2. The fourth-order valence-corrected chi connectivity index (χ4v) is 4.44. The lowest BCUT2D eigenvalue weighted by molar-refractivity contribution is -0.152. The molecule has 0 fully saturated rings. The maximum Gasteiger partial charge on any atom is 0.408 e. The van der Waals surface area contributed by atoms with E-state index in [1.807, 2.05) is 43.3 Å². The first-order valence-corrected chi connectivity index (χ1v) is 12.0. The Morgan fingerprint density at radius 1 is 0.886 bits per heavy atom. The largest absolute Gasteiger partial charge is 0.481 e. The molecule has 3 N–H and O–H groups in total. The van der Waals surface area contributed by atoms with E-state index < -0.39 is 34.5 Å². The molecule has 35 heavy (non-hydrogen) atoms. The van der Waals surface area contributed by atoms with Gasteiger partial charge in [-0.3, -0.25) is 9.59 Å². The van der Waals surface area contributed by atoms with Gasteiger partial charge in [0.15, 0.2) is 0 Å². The van der Waals surface area contributed by atoms with Crippen LogP contribution in [0.2, 0.25) is 0 Å². The normalized spacial score (nSPS) is 14.9. The van der Waals surface area contributed by atoms with Crippen LogP contribution in [-0.2, 0) is 14.3 Å². The summed E-state index contributed by atoms with van der Waals surface area (Å²) in [5.74, 6) is -1.56. The summed E-state index contributed by atoms with van der Waals surface area (Å²) < 4.78 is 5.64. The van der Waals surface area contributed by atoms with Gasteiger partial charge in [-0.15, -0.1) is 0 Å². The lowest BCUT2D eigenvalue weighted by Gasteiger charge is -2.41. The summed E-state index contributed by atoms with van der Waals surface area (Å²) in [6, 6.07) is 16.2. The number of benzene rings is 2. The van der Waals surface area contributed by atoms with Crippen molar-refractivity contribution in [2.75, 3.05) is 6.61 Å². The molecule has 0 saturated carbocycles. The van der Waals surface area contributed by atoms with Crippen molar-refractivity contribution in [3.05, 3.63) is 59.7 Å². The maximum absolute atomic E-state index is 13.3. The lowest BCUT2D eigenvalue weighted by atomic mass is 9.74. The molecule has 188 valence electrons. The van der Waals surface area contributed by atoms with Crippen molar-refractivity contribution in [3.63, 3.8) is 0 Å². The summed E-state index contributed by atoms with van der Waals surface area (Å²) in [5.41, 5.74) is 0.934. The van der Waals surface area contributed by atoms with Crippen LogP contribution in [0.25, 0.3) is 11.1 Å². The van der Waals surface area contributed by atoms with E-state index in [0.29, 0.717) is 12.8 Å². The molecular weight excluding hydrogens is 444 g/mol. The Labute approximate surface area is 207 Å². The minimum absolute atomic E-state index is 0.0882. The molecule has 3 rings (SSSR count). The molecule has 0 saturated heterocycles. The predicted octanol–water partition coefficient (Wildman–Crippen LogP) is 5.09. The second-order valence-electron chi connectivity index (χ2n) is 10.5. The van der Waals surface area contributed by atoms with Gasteiger partial charge < -0.3 is 20.5 Å². The van der Waals surface area contributed by atoms with Crippen molar-refractivity contribution in [2.45, 2.75) is 71.4 Å². The molecule has 1 aliphatic rings. The summed E-state index contributed by atoms with van der Waals surface area (Å²) in [4.78, 5) is 37.9. The highest BCUT2D eigenvalue weighted by Crippen LogP contribution is 2.44. The number of hydrogen-bond donors (Lipinski definition) is 3. The van der Waals surface area contributed by atoms with Crippen molar-refractivity contribution in [2.24, 2.45) is 5.41 Å². The van der Waals surface area contributed by atoms with Crippen molar-refractivity contribution >= 4 is 18.0 Å². The zero-order chi connectivity index (χ0) is 26.0. The Morgan fingerprint density at radius 3 is 1.89 bits per heavy atom. The SMILES string of the molecule is CCCC(C)(NC(=O)OCC1c2ccccc2-c2ccccc21)C(=O)NC(C)(C)C(C)(C)C(=O)O. The van der Waals surface area contributed by atoms with E-state index in [0.717, 1.165) is 22.3 Å². The second kappa shape index (κ2) is 9.72. The number of aliphatic carboxylic acids is 1. The number of rotatable bonds is 9. The number of carbonyl (C=O) groups is 3. The van der Waals surface area contributed by atoms with Crippen molar-refractivity contribution in [1.82, 2.24) is 10.6 Å². The van der Waals surface area contributed by atoms with Gasteiger partial charge >= 0.3 is 12.1 Å². The van der Waals surface area contributed by atoms with Crippen LogP contribution < -0.4 is 10.6 Å². The number of alkyl carbamates (subject to hydrolysis) is 1. The molecule has 7 nitrogen and oxygen atoms in total.